The fraction of sp³-hybridized carbons (Fsp3) is 0.316. The topological polar surface area (TPSA) is 58.6 Å². The average molecular weight is 311 g/mol. The van der Waals surface area contributed by atoms with E-state index in [1.54, 1.807) is 7.11 Å². The number of nitrogens with one attached hydrogen (secondary N) is 1. The van der Waals surface area contributed by atoms with E-state index in [0.29, 0.717) is 19.4 Å². The summed E-state index contributed by atoms with van der Waals surface area (Å²) in [5, 5.41) is 12.8. The van der Waals surface area contributed by atoms with E-state index in [2.05, 4.69) is 11.4 Å². The Hall–Kier alpha value is -2.33. The van der Waals surface area contributed by atoms with Crippen LogP contribution in [0.4, 0.5) is 0 Å². The van der Waals surface area contributed by atoms with Crippen LogP contribution in [0.1, 0.15) is 12.0 Å². The standard InChI is InChI=1S/C19H21NO3/c1-23-17-8-3-2-7-16(17)15-6-4-5-14(11-15)12-19(18(21)22)9-10-20-13-19/h2-8,11,20H,9-10,12-13H2,1H3,(H,21,22)/t19-/m0/s1. The zero-order chi connectivity index (χ0) is 16.3. The Balaban J connectivity index is 1.93. The van der Waals surface area contributed by atoms with Crippen molar-refractivity contribution in [2.24, 2.45) is 5.41 Å². The first kappa shape index (κ1) is 15.6. The molecular formula is C19H21NO3. The zero-order valence-corrected chi connectivity index (χ0v) is 13.2. The van der Waals surface area contributed by atoms with Crippen LogP contribution >= 0.6 is 0 Å². The molecule has 23 heavy (non-hydrogen) atoms. The third-order valence-electron chi connectivity index (χ3n) is 4.58. The molecule has 0 saturated carbocycles. The third kappa shape index (κ3) is 3.08. The maximum atomic E-state index is 11.7. The molecule has 1 aliphatic heterocycles. The van der Waals surface area contributed by atoms with Gasteiger partial charge < -0.3 is 15.2 Å². The SMILES string of the molecule is COc1ccccc1-c1cccc(C[C@@]2(C(=O)O)CCNC2)c1. The molecule has 1 heterocycles. The molecule has 0 spiro atoms. The van der Waals surface area contributed by atoms with E-state index < -0.39 is 11.4 Å². The number of carboxylic acids is 1. The number of benzene rings is 2. The summed E-state index contributed by atoms with van der Waals surface area (Å²) in [6.45, 7) is 1.29. The molecule has 4 heteroatoms. The van der Waals surface area contributed by atoms with Gasteiger partial charge in [-0.3, -0.25) is 4.79 Å². The number of hydrogen-bond acceptors (Lipinski definition) is 3. The van der Waals surface area contributed by atoms with E-state index in [4.69, 9.17) is 4.74 Å². The second-order valence-corrected chi connectivity index (χ2v) is 6.09. The smallest absolute Gasteiger partial charge is 0.311 e. The van der Waals surface area contributed by atoms with Gasteiger partial charge in [-0.15, -0.1) is 0 Å². The molecule has 2 N–H and O–H groups in total. The number of aliphatic carboxylic acids is 1. The number of carbonyl (C=O) groups is 1. The predicted molar refractivity (Wildman–Crippen MR) is 89.7 cm³/mol. The molecule has 1 atom stereocenters. The second kappa shape index (κ2) is 6.42. The van der Waals surface area contributed by atoms with Gasteiger partial charge in [0.05, 0.1) is 12.5 Å². The van der Waals surface area contributed by atoms with Crippen LogP contribution in [-0.4, -0.2) is 31.3 Å². The van der Waals surface area contributed by atoms with Crippen LogP contribution in [-0.2, 0) is 11.2 Å². The molecule has 120 valence electrons. The van der Waals surface area contributed by atoms with Crippen molar-refractivity contribution in [1.82, 2.24) is 5.32 Å². The number of methoxy groups -OCH3 is 1. The van der Waals surface area contributed by atoms with Crippen molar-refractivity contribution in [3.63, 3.8) is 0 Å². The minimum Gasteiger partial charge on any atom is -0.496 e. The van der Waals surface area contributed by atoms with Gasteiger partial charge >= 0.3 is 5.97 Å². The summed E-state index contributed by atoms with van der Waals surface area (Å²) in [6, 6.07) is 15.9. The minimum atomic E-state index is -0.717. The number of ether oxygens (including phenoxy) is 1. The first-order valence-electron chi connectivity index (χ1n) is 7.81. The molecule has 2 aromatic rings. The van der Waals surface area contributed by atoms with E-state index in [1.165, 1.54) is 0 Å². The maximum Gasteiger partial charge on any atom is 0.311 e. The average Bonchev–Trinajstić information content (AvgIpc) is 3.05. The summed E-state index contributed by atoms with van der Waals surface area (Å²) < 4.78 is 5.43. The van der Waals surface area contributed by atoms with Gasteiger partial charge in [-0.25, -0.2) is 0 Å². The molecule has 1 aliphatic rings. The van der Waals surface area contributed by atoms with Gasteiger partial charge in [-0.2, -0.15) is 0 Å². The molecule has 0 aromatic heterocycles. The van der Waals surface area contributed by atoms with E-state index in [0.717, 1.165) is 29.0 Å². The lowest BCUT2D eigenvalue weighted by Gasteiger charge is -2.23. The van der Waals surface area contributed by atoms with E-state index in [1.807, 2.05) is 42.5 Å². The summed E-state index contributed by atoms with van der Waals surface area (Å²) in [5.41, 5.74) is 2.41. The van der Waals surface area contributed by atoms with Gasteiger partial charge in [-0.05, 0) is 36.6 Å². The quantitative estimate of drug-likeness (QED) is 0.891. The van der Waals surface area contributed by atoms with Crippen LogP contribution in [0.25, 0.3) is 11.1 Å². The zero-order valence-electron chi connectivity index (χ0n) is 13.2. The predicted octanol–water partition coefficient (Wildman–Crippen LogP) is 2.97. The van der Waals surface area contributed by atoms with E-state index >= 15 is 0 Å². The minimum absolute atomic E-state index is 0.529. The second-order valence-electron chi connectivity index (χ2n) is 6.09. The number of para-hydroxylation sites is 1. The molecule has 4 nitrogen and oxygen atoms in total. The highest BCUT2D eigenvalue weighted by molar-refractivity contribution is 5.76. The van der Waals surface area contributed by atoms with Crippen molar-refractivity contribution >= 4 is 5.97 Å². The Kier molecular flexibility index (Phi) is 4.35. The lowest BCUT2D eigenvalue weighted by Crippen LogP contribution is -2.35. The third-order valence-corrected chi connectivity index (χ3v) is 4.58. The van der Waals surface area contributed by atoms with Gasteiger partial charge in [0, 0.05) is 12.1 Å². The largest absolute Gasteiger partial charge is 0.496 e. The molecule has 0 amide bonds. The van der Waals surface area contributed by atoms with Gasteiger partial charge in [-0.1, -0.05) is 42.5 Å². The molecule has 0 bridgehead atoms. The van der Waals surface area contributed by atoms with Crippen LogP contribution in [0.2, 0.25) is 0 Å². The van der Waals surface area contributed by atoms with E-state index in [9.17, 15) is 9.90 Å². The van der Waals surface area contributed by atoms with Gasteiger partial charge in [0.25, 0.3) is 0 Å². The van der Waals surface area contributed by atoms with Gasteiger partial charge in [0.15, 0.2) is 0 Å². The molecular weight excluding hydrogens is 290 g/mol. The fourth-order valence-corrected chi connectivity index (χ4v) is 3.28. The maximum absolute atomic E-state index is 11.7. The highest BCUT2D eigenvalue weighted by atomic mass is 16.5. The molecule has 0 radical (unpaired) electrons. The lowest BCUT2D eigenvalue weighted by molar-refractivity contribution is -0.147. The highest BCUT2D eigenvalue weighted by Gasteiger charge is 2.41. The van der Waals surface area contributed by atoms with Crippen LogP contribution in [0.5, 0.6) is 5.75 Å². The Bertz CT molecular complexity index is 705. The van der Waals surface area contributed by atoms with Crippen molar-refractivity contribution in [2.75, 3.05) is 20.2 Å². The summed E-state index contributed by atoms with van der Waals surface area (Å²) in [4.78, 5) is 11.7. The van der Waals surface area contributed by atoms with Crippen LogP contribution in [0.3, 0.4) is 0 Å². The summed E-state index contributed by atoms with van der Waals surface area (Å²) in [7, 11) is 1.66. The van der Waals surface area contributed by atoms with Crippen molar-refractivity contribution in [3.05, 3.63) is 54.1 Å². The monoisotopic (exact) mass is 311 g/mol. The Morgan fingerprint density at radius 2 is 2.09 bits per heavy atom. The Labute approximate surface area is 136 Å². The van der Waals surface area contributed by atoms with Gasteiger partial charge in [0.2, 0.25) is 0 Å². The number of carboxylic acid groups (broad SMARTS) is 1. The Morgan fingerprint density at radius 1 is 1.26 bits per heavy atom. The highest BCUT2D eigenvalue weighted by Crippen LogP contribution is 2.34. The van der Waals surface area contributed by atoms with Crippen molar-refractivity contribution in [3.8, 4) is 16.9 Å². The van der Waals surface area contributed by atoms with Crippen molar-refractivity contribution in [2.45, 2.75) is 12.8 Å². The molecule has 0 unspecified atom stereocenters. The molecule has 2 aromatic carbocycles. The molecule has 1 fully saturated rings. The van der Waals surface area contributed by atoms with E-state index in [-0.39, 0.29) is 0 Å². The molecule has 0 aliphatic carbocycles. The molecule has 1 saturated heterocycles. The van der Waals surface area contributed by atoms with Crippen LogP contribution < -0.4 is 10.1 Å². The normalized spacial score (nSPS) is 20.4. The lowest BCUT2D eigenvalue weighted by atomic mass is 9.80. The van der Waals surface area contributed by atoms with Gasteiger partial charge in [0.1, 0.15) is 5.75 Å². The van der Waals surface area contributed by atoms with Crippen LogP contribution in [0, 0.1) is 5.41 Å². The van der Waals surface area contributed by atoms with Crippen molar-refractivity contribution in [1.29, 1.82) is 0 Å². The first-order chi connectivity index (χ1) is 11.1. The fourth-order valence-electron chi connectivity index (χ4n) is 3.28. The van der Waals surface area contributed by atoms with Crippen molar-refractivity contribution < 1.29 is 14.6 Å². The van der Waals surface area contributed by atoms with Crippen LogP contribution in [0.15, 0.2) is 48.5 Å². The molecule has 3 rings (SSSR count). The first-order valence-corrected chi connectivity index (χ1v) is 7.81. The number of rotatable bonds is 5. The summed E-state index contributed by atoms with van der Waals surface area (Å²) in [5.74, 6) is 0.102. The number of hydrogen-bond donors (Lipinski definition) is 2. The summed E-state index contributed by atoms with van der Waals surface area (Å²) in [6.07, 6.45) is 1.21. The summed E-state index contributed by atoms with van der Waals surface area (Å²) >= 11 is 0. The Morgan fingerprint density at radius 3 is 2.78 bits per heavy atom.